The topological polar surface area (TPSA) is 26.3 Å². The Morgan fingerprint density at radius 3 is 2.28 bits per heavy atom. The van der Waals surface area contributed by atoms with Crippen molar-refractivity contribution in [2.24, 2.45) is 0 Å². The van der Waals surface area contributed by atoms with Crippen LogP contribution in [0.15, 0.2) is 25.0 Å². The second-order valence-electron chi connectivity index (χ2n) is 4.58. The van der Waals surface area contributed by atoms with Crippen molar-refractivity contribution in [1.82, 2.24) is 0 Å². The third-order valence-corrected chi connectivity index (χ3v) is 2.86. The molecule has 0 aromatic heterocycles. The van der Waals surface area contributed by atoms with Crippen molar-refractivity contribution in [3.05, 3.63) is 25.0 Å². The number of rotatable bonds is 12. The van der Waals surface area contributed by atoms with Crippen LogP contribution < -0.4 is 0 Å². The molecule has 0 bridgehead atoms. The van der Waals surface area contributed by atoms with E-state index < -0.39 is 0 Å². The van der Waals surface area contributed by atoms with Crippen molar-refractivity contribution in [3.63, 3.8) is 0 Å². The maximum absolute atomic E-state index is 11.0. The molecular weight excluding hydrogens is 224 g/mol. The van der Waals surface area contributed by atoms with Crippen LogP contribution in [0.25, 0.3) is 0 Å². The van der Waals surface area contributed by atoms with Crippen LogP contribution in [0.2, 0.25) is 0 Å². The van der Waals surface area contributed by atoms with Gasteiger partial charge in [-0.15, -0.1) is 0 Å². The van der Waals surface area contributed by atoms with E-state index in [-0.39, 0.29) is 5.97 Å². The van der Waals surface area contributed by atoms with Crippen LogP contribution in [0.1, 0.15) is 71.1 Å². The van der Waals surface area contributed by atoms with E-state index in [0.717, 1.165) is 12.8 Å². The summed E-state index contributed by atoms with van der Waals surface area (Å²) in [6.45, 7) is 5.58. The van der Waals surface area contributed by atoms with Crippen molar-refractivity contribution in [2.75, 3.05) is 0 Å². The van der Waals surface area contributed by atoms with Gasteiger partial charge >= 0.3 is 5.97 Å². The normalized spacial score (nSPS) is 10.7. The molecule has 0 N–H and O–H groups in total. The Morgan fingerprint density at radius 1 is 1.00 bits per heavy atom. The van der Waals surface area contributed by atoms with Crippen LogP contribution in [-0.4, -0.2) is 5.97 Å². The van der Waals surface area contributed by atoms with Gasteiger partial charge in [-0.1, -0.05) is 57.8 Å². The average Bonchev–Trinajstić information content (AvgIpc) is 2.36. The summed E-state index contributed by atoms with van der Waals surface area (Å²) in [7, 11) is 0. The molecular formula is C16H28O2. The second-order valence-corrected chi connectivity index (χ2v) is 4.58. The van der Waals surface area contributed by atoms with E-state index in [1.165, 1.54) is 51.2 Å². The van der Waals surface area contributed by atoms with E-state index in [2.05, 4.69) is 30.4 Å². The molecule has 0 aromatic rings. The number of unbranched alkanes of at least 4 members (excludes halogenated alkanes) is 7. The summed E-state index contributed by atoms with van der Waals surface area (Å²) in [5.74, 6) is -0.163. The predicted octanol–water partition coefficient (Wildman–Crippen LogP) is 5.15. The molecule has 0 spiro atoms. The minimum absolute atomic E-state index is 0.163. The number of hydrogen-bond donors (Lipinski definition) is 0. The highest BCUT2D eigenvalue weighted by Crippen LogP contribution is 2.08. The molecule has 0 aliphatic heterocycles. The Labute approximate surface area is 112 Å². The van der Waals surface area contributed by atoms with Crippen LogP contribution in [0, 0.1) is 0 Å². The van der Waals surface area contributed by atoms with E-state index in [1.807, 2.05) is 0 Å². The monoisotopic (exact) mass is 252 g/mol. The lowest BCUT2D eigenvalue weighted by Gasteiger charge is -2.00. The summed E-state index contributed by atoms with van der Waals surface area (Å²) < 4.78 is 4.65. The Bertz CT molecular complexity index is 231. The first-order valence-electron chi connectivity index (χ1n) is 7.26. The number of esters is 1. The number of hydrogen-bond acceptors (Lipinski definition) is 2. The summed E-state index contributed by atoms with van der Waals surface area (Å²) in [5.41, 5.74) is 0. The molecule has 0 saturated heterocycles. The molecule has 0 aliphatic rings. The van der Waals surface area contributed by atoms with E-state index in [4.69, 9.17) is 0 Å². The Morgan fingerprint density at radius 2 is 1.61 bits per heavy atom. The molecule has 0 heterocycles. The van der Waals surface area contributed by atoms with Gasteiger partial charge in [0.25, 0.3) is 0 Å². The first-order valence-corrected chi connectivity index (χ1v) is 7.26. The molecule has 0 rings (SSSR count). The summed E-state index contributed by atoms with van der Waals surface area (Å²) >= 11 is 0. The van der Waals surface area contributed by atoms with Gasteiger partial charge in [0.1, 0.15) is 0 Å². The van der Waals surface area contributed by atoms with Crippen molar-refractivity contribution < 1.29 is 9.53 Å². The highest BCUT2D eigenvalue weighted by atomic mass is 16.5. The molecule has 0 unspecified atom stereocenters. The standard InChI is InChI=1S/C16H28O2/c1-3-5-6-7-8-9-10-11-12-13-14-15-16(17)18-4-2/h4,7-8H,2-3,5-6,9-15H2,1H3/b8-7-. The van der Waals surface area contributed by atoms with E-state index >= 15 is 0 Å². The zero-order valence-electron chi connectivity index (χ0n) is 11.8. The number of allylic oxidation sites excluding steroid dienone is 2. The summed E-state index contributed by atoms with van der Waals surface area (Å²) in [6, 6.07) is 0. The molecule has 104 valence electrons. The number of ether oxygens (including phenoxy) is 1. The van der Waals surface area contributed by atoms with E-state index in [0.29, 0.717) is 6.42 Å². The average molecular weight is 252 g/mol. The van der Waals surface area contributed by atoms with E-state index in [9.17, 15) is 4.79 Å². The van der Waals surface area contributed by atoms with Gasteiger partial charge in [-0.25, -0.2) is 0 Å². The van der Waals surface area contributed by atoms with Gasteiger partial charge in [0, 0.05) is 6.42 Å². The molecule has 0 radical (unpaired) electrons. The number of carbonyl (C=O) groups is 1. The molecule has 0 fully saturated rings. The van der Waals surface area contributed by atoms with Crippen LogP contribution in [0.3, 0.4) is 0 Å². The first kappa shape index (κ1) is 16.9. The van der Waals surface area contributed by atoms with Gasteiger partial charge in [-0.05, 0) is 25.7 Å². The molecule has 2 heteroatoms. The Kier molecular flexibility index (Phi) is 13.2. The summed E-state index contributed by atoms with van der Waals surface area (Å²) in [5, 5.41) is 0. The van der Waals surface area contributed by atoms with Crippen molar-refractivity contribution in [1.29, 1.82) is 0 Å². The smallest absolute Gasteiger partial charge is 0.310 e. The molecule has 2 nitrogen and oxygen atoms in total. The van der Waals surface area contributed by atoms with Crippen LogP contribution in [-0.2, 0) is 9.53 Å². The number of carbonyl (C=O) groups excluding carboxylic acids is 1. The third-order valence-electron chi connectivity index (χ3n) is 2.86. The lowest BCUT2D eigenvalue weighted by atomic mass is 10.1. The van der Waals surface area contributed by atoms with Crippen molar-refractivity contribution >= 4 is 5.97 Å². The fourth-order valence-electron chi connectivity index (χ4n) is 1.77. The Hall–Kier alpha value is -1.05. The molecule has 0 aromatic carbocycles. The van der Waals surface area contributed by atoms with Crippen molar-refractivity contribution in [3.8, 4) is 0 Å². The fraction of sp³-hybridized carbons (Fsp3) is 0.688. The van der Waals surface area contributed by atoms with Gasteiger partial charge in [0.15, 0.2) is 0 Å². The van der Waals surface area contributed by atoms with Gasteiger partial charge in [0.2, 0.25) is 0 Å². The van der Waals surface area contributed by atoms with Gasteiger partial charge in [-0.3, -0.25) is 4.79 Å². The van der Waals surface area contributed by atoms with Gasteiger partial charge < -0.3 is 4.74 Å². The van der Waals surface area contributed by atoms with Gasteiger partial charge in [-0.2, -0.15) is 0 Å². The maximum atomic E-state index is 11.0. The predicted molar refractivity (Wildman–Crippen MR) is 77.3 cm³/mol. The molecule has 0 saturated carbocycles. The molecule has 0 atom stereocenters. The summed E-state index contributed by atoms with van der Waals surface area (Å²) in [4.78, 5) is 11.0. The highest BCUT2D eigenvalue weighted by molar-refractivity contribution is 5.69. The van der Waals surface area contributed by atoms with Crippen molar-refractivity contribution in [2.45, 2.75) is 71.1 Å². The SMILES string of the molecule is C=COC(=O)CCCCCCC/C=C\CCCC. The zero-order valence-corrected chi connectivity index (χ0v) is 11.8. The first-order chi connectivity index (χ1) is 8.81. The van der Waals surface area contributed by atoms with Crippen LogP contribution >= 0.6 is 0 Å². The lowest BCUT2D eigenvalue weighted by molar-refractivity contribution is -0.138. The van der Waals surface area contributed by atoms with Crippen LogP contribution in [0.5, 0.6) is 0 Å². The second kappa shape index (κ2) is 14.0. The third kappa shape index (κ3) is 13.0. The quantitative estimate of drug-likeness (QED) is 0.208. The molecule has 0 amide bonds. The molecule has 18 heavy (non-hydrogen) atoms. The summed E-state index contributed by atoms with van der Waals surface area (Å²) in [6.07, 6.45) is 17.1. The van der Waals surface area contributed by atoms with Gasteiger partial charge in [0.05, 0.1) is 6.26 Å². The zero-order chi connectivity index (χ0) is 13.5. The minimum Gasteiger partial charge on any atom is -0.435 e. The molecule has 0 aliphatic carbocycles. The highest BCUT2D eigenvalue weighted by Gasteiger charge is 1.99. The lowest BCUT2D eigenvalue weighted by Crippen LogP contribution is -1.98. The van der Waals surface area contributed by atoms with E-state index in [1.54, 1.807) is 0 Å². The maximum Gasteiger partial charge on any atom is 0.310 e. The Balaban J connectivity index is 3.14. The fourth-order valence-corrected chi connectivity index (χ4v) is 1.77. The minimum atomic E-state index is -0.163. The largest absolute Gasteiger partial charge is 0.435 e. The van der Waals surface area contributed by atoms with Crippen LogP contribution in [0.4, 0.5) is 0 Å².